The molecule has 2 atom stereocenters. The van der Waals surface area contributed by atoms with E-state index in [1.54, 1.807) is 0 Å². The number of esters is 1. The molecule has 0 aromatic rings. The number of aliphatic hydroxyl groups is 1. The molecule has 0 rings (SSSR count). The molecule has 0 aliphatic rings. The van der Waals surface area contributed by atoms with Crippen LogP contribution in [-0.2, 0) is 19.1 Å². The van der Waals surface area contributed by atoms with Crippen LogP contribution in [0.5, 0.6) is 0 Å². The Hall–Kier alpha value is -1.63. The molecular formula is C34H64O7. The fourth-order valence-corrected chi connectivity index (χ4v) is 6.05. The van der Waals surface area contributed by atoms with E-state index in [-0.39, 0.29) is 5.92 Å². The van der Waals surface area contributed by atoms with Crippen LogP contribution in [-0.4, -0.2) is 44.4 Å². The van der Waals surface area contributed by atoms with Crippen molar-refractivity contribution in [2.24, 2.45) is 5.92 Å². The highest BCUT2D eigenvalue weighted by molar-refractivity contribution is 5.88. The molecule has 0 aromatic heterocycles. The first kappa shape index (κ1) is 39.4. The molecule has 242 valence electrons. The number of carboxylic acids is 2. The monoisotopic (exact) mass is 584 g/mol. The van der Waals surface area contributed by atoms with E-state index >= 15 is 0 Å². The molecule has 2 unspecified atom stereocenters. The average Bonchev–Trinajstić information content (AvgIpc) is 2.91. The summed E-state index contributed by atoms with van der Waals surface area (Å²) in [5.74, 6) is -3.82. The fraction of sp³-hybridized carbons (Fsp3) is 0.912. The van der Waals surface area contributed by atoms with Crippen molar-refractivity contribution in [2.45, 2.75) is 193 Å². The number of carbonyl (C=O) groups is 3. The quantitative estimate of drug-likeness (QED) is 0.0591. The van der Waals surface area contributed by atoms with Crippen LogP contribution in [0.1, 0.15) is 182 Å². The van der Waals surface area contributed by atoms with Gasteiger partial charge in [-0.1, -0.05) is 130 Å². The van der Waals surface area contributed by atoms with E-state index in [0.29, 0.717) is 0 Å². The van der Waals surface area contributed by atoms with Crippen LogP contribution < -0.4 is 0 Å². The summed E-state index contributed by atoms with van der Waals surface area (Å²) < 4.78 is 6.39. The molecule has 0 heterocycles. The molecule has 0 saturated heterocycles. The highest BCUT2D eigenvalue weighted by Gasteiger charge is 2.45. The molecule has 0 aromatic carbocycles. The van der Waals surface area contributed by atoms with Gasteiger partial charge in [0.1, 0.15) is 5.60 Å². The van der Waals surface area contributed by atoms with Crippen LogP contribution in [0.4, 0.5) is 0 Å². The van der Waals surface area contributed by atoms with E-state index in [9.17, 15) is 29.7 Å². The van der Waals surface area contributed by atoms with Crippen LogP contribution in [0.15, 0.2) is 0 Å². The smallest absolute Gasteiger partial charge is 0.336 e. The van der Waals surface area contributed by atoms with Crippen molar-refractivity contribution >= 4 is 17.9 Å². The largest absolute Gasteiger partial charge is 0.481 e. The van der Waals surface area contributed by atoms with Crippen molar-refractivity contribution in [3.8, 4) is 0 Å². The minimum absolute atomic E-state index is 0.162. The van der Waals surface area contributed by atoms with Gasteiger partial charge in [-0.05, 0) is 44.4 Å². The topological polar surface area (TPSA) is 121 Å². The summed E-state index contributed by atoms with van der Waals surface area (Å²) in [5.41, 5.74) is -3.41. The fourth-order valence-electron chi connectivity index (χ4n) is 6.05. The second-order valence-electron chi connectivity index (χ2n) is 12.3. The predicted octanol–water partition coefficient (Wildman–Crippen LogP) is 9.23. The lowest BCUT2D eigenvalue weighted by atomic mass is 9.73. The van der Waals surface area contributed by atoms with Gasteiger partial charge in [0.05, 0.1) is 12.8 Å². The molecule has 0 bridgehead atoms. The van der Waals surface area contributed by atoms with Crippen molar-refractivity contribution in [1.82, 2.24) is 0 Å². The summed E-state index contributed by atoms with van der Waals surface area (Å²) in [6.45, 7) is 8.75. The summed E-state index contributed by atoms with van der Waals surface area (Å²) in [6.07, 6.45) is 21.5. The van der Waals surface area contributed by atoms with E-state index in [0.717, 1.165) is 109 Å². The minimum atomic E-state index is -2.69. The maximum atomic E-state index is 13.4. The zero-order chi connectivity index (χ0) is 31.0. The number of ether oxygens (including phenoxy) is 1. The second kappa shape index (κ2) is 23.9. The lowest BCUT2D eigenvalue weighted by molar-refractivity contribution is -0.184. The Balaban J connectivity index is 6.20. The lowest BCUT2D eigenvalue weighted by Crippen LogP contribution is -2.47. The van der Waals surface area contributed by atoms with Gasteiger partial charge in [0.25, 0.3) is 0 Å². The highest BCUT2D eigenvalue weighted by Crippen LogP contribution is 2.41. The molecule has 0 fully saturated rings. The standard InChI is InChI=1S/C34H64O7/c1-5-9-13-17-18-20-24-29(23-19-14-10-6-2)34(25-21-15-11-7-3,26-22-16-12-8-4)41-31(37)28-33(40,32(38)39)27-30(35)36/h29,40H,5-28H2,1-4H3,(H,35,36)(H,38,39). The normalized spacial score (nSPS) is 14.0. The van der Waals surface area contributed by atoms with Crippen molar-refractivity contribution < 1.29 is 34.4 Å². The summed E-state index contributed by atoms with van der Waals surface area (Å²) in [7, 11) is 0. The van der Waals surface area contributed by atoms with Gasteiger partial charge in [-0.25, -0.2) is 4.79 Å². The number of carbonyl (C=O) groups excluding carboxylic acids is 1. The maximum Gasteiger partial charge on any atom is 0.336 e. The van der Waals surface area contributed by atoms with Gasteiger partial charge in [0, 0.05) is 0 Å². The molecule has 0 amide bonds. The molecule has 0 spiro atoms. The molecule has 0 aliphatic carbocycles. The van der Waals surface area contributed by atoms with Crippen LogP contribution in [0, 0.1) is 5.92 Å². The first-order valence-electron chi connectivity index (χ1n) is 17.0. The molecule has 41 heavy (non-hydrogen) atoms. The zero-order valence-electron chi connectivity index (χ0n) is 27.0. The Bertz CT molecular complexity index is 681. The number of aliphatic carboxylic acids is 2. The van der Waals surface area contributed by atoms with E-state index in [1.165, 1.54) is 32.1 Å². The first-order chi connectivity index (χ1) is 19.6. The molecule has 0 saturated carbocycles. The van der Waals surface area contributed by atoms with Gasteiger partial charge in [0.2, 0.25) is 0 Å². The van der Waals surface area contributed by atoms with Crippen molar-refractivity contribution in [3.05, 3.63) is 0 Å². The van der Waals surface area contributed by atoms with E-state index in [4.69, 9.17) is 4.74 Å². The Labute approximate surface area is 251 Å². The number of unbranched alkanes of at least 4 members (excludes halogenated alkanes) is 14. The van der Waals surface area contributed by atoms with Gasteiger partial charge in [-0.2, -0.15) is 0 Å². The average molecular weight is 585 g/mol. The third kappa shape index (κ3) is 17.8. The summed E-state index contributed by atoms with van der Waals surface area (Å²) in [5, 5.41) is 29.4. The van der Waals surface area contributed by atoms with E-state index in [2.05, 4.69) is 27.7 Å². The Morgan fingerprint density at radius 1 is 0.585 bits per heavy atom. The Kier molecular flexibility index (Phi) is 22.9. The van der Waals surface area contributed by atoms with Gasteiger partial charge in [-0.3, -0.25) is 9.59 Å². The Morgan fingerprint density at radius 2 is 0.976 bits per heavy atom. The third-order valence-electron chi connectivity index (χ3n) is 8.56. The predicted molar refractivity (Wildman–Crippen MR) is 166 cm³/mol. The second-order valence-corrected chi connectivity index (χ2v) is 12.3. The summed E-state index contributed by atoms with van der Waals surface area (Å²) in [6, 6.07) is 0. The summed E-state index contributed by atoms with van der Waals surface area (Å²) in [4.78, 5) is 36.5. The van der Waals surface area contributed by atoms with Crippen molar-refractivity contribution in [3.63, 3.8) is 0 Å². The molecule has 7 nitrogen and oxygen atoms in total. The lowest BCUT2D eigenvalue weighted by Gasteiger charge is -2.42. The van der Waals surface area contributed by atoms with Crippen LogP contribution in [0.25, 0.3) is 0 Å². The molecule has 0 aliphatic heterocycles. The third-order valence-corrected chi connectivity index (χ3v) is 8.56. The Morgan fingerprint density at radius 3 is 1.39 bits per heavy atom. The number of carboxylic acid groups (broad SMARTS) is 2. The van der Waals surface area contributed by atoms with Crippen LogP contribution in [0.2, 0.25) is 0 Å². The van der Waals surface area contributed by atoms with Crippen molar-refractivity contribution in [2.75, 3.05) is 0 Å². The van der Waals surface area contributed by atoms with Crippen molar-refractivity contribution in [1.29, 1.82) is 0 Å². The number of hydrogen-bond donors (Lipinski definition) is 3. The SMILES string of the molecule is CCCCCCCCC(CCCCCC)C(CCCCCC)(CCCCCC)OC(=O)CC(O)(CC(=O)O)C(=O)O. The van der Waals surface area contributed by atoms with Gasteiger partial charge in [0.15, 0.2) is 5.60 Å². The summed E-state index contributed by atoms with van der Waals surface area (Å²) >= 11 is 0. The van der Waals surface area contributed by atoms with E-state index in [1.807, 2.05) is 0 Å². The first-order valence-corrected chi connectivity index (χ1v) is 17.0. The zero-order valence-corrected chi connectivity index (χ0v) is 27.0. The van der Waals surface area contributed by atoms with Crippen LogP contribution >= 0.6 is 0 Å². The maximum absolute atomic E-state index is 13.4. The van der Waals surface area contributed by atoms with E-state index < -0.39 is 42.0 Å². The van der Waals surface area contributed by atoms with Crippen LogP contribution in [0.3, 0.4) is 0 Å². The van der Waals surface area contributed by atoms with Gasteiger partial charge >= 0.3 is 17.9 Å². The number of rotatable bonds is 29. The number of hydrogen-bond acceptors (Lipinski definition) is 5. The molecule has 3 N–H and O–H groups in total. The molecule has 7 heteroatoms. The minimum Gasteiger partial charge on any atom is -0.481 e. The highest BCUT2D eigenvalue weighted by atomic mass is 16.6. The van der Waals surface area contributed by atoms with Gasteiger partial charge < -0.3 is 20.1 Å². The molecule has 0 radical (unpaired) electrons. The van der Waals surface area contributed by atoms with Gasteiger partial charge in [-0.15, -0.1) is 0 Å². The molecular weight excluding hydrogens is 520 g/mol.